The molecule has 3 saturated heterocycles. The minimum absolute atomic E-state index is 0.0857. The summed E-state index contributed by atoms with van der Waals surface area (Å²) in [6.07, 6.45) is 8.36. The van der Waals surface area contributed by atoms with Gasteiger partial charge in [0.15, 0.2) is 34.5 Å². The maximum absolute atomic E-state index is 12.3. The Bertz CT molecular complexity index is 3370. The molecule has 6 atom stereocenters. The van der Waals surface area contributed by atoms with Crippen molar-refractivity contribution >= 4 is 12.2 Å². The third-order valence-electron chi connectivity index (χ3n) is 20.4. The predicted octanol–water partition coefficient (Wildman–Crippen LogP) is 12.2. The van der Waals surface area contributed by atoms with E-state index < -0.39 is 0 Å². The molecule has 3 aliphatic carbocycles. The van der Waals surface area contributed by atoms with Gasteiger partial charge in [-0.25, -0.2) is 9.59 Å². The van der Waals surface area contributed by atoms with E-state index in [1.165, 1.54) is 60.4 Å². The van der Waals surface area contributed by atoms with Crippen LogP contribution in [0.3, 0.4) is 0 Å². The summed E-state index contributed by atoms with van der Waals surface area (Å²) >= 11 is 0. The summed E-state index contributed by atoms with van der Waals surface area (Å²) in [6, 6.07) is 46.6. The number of methoxy groups -OCH3 is 5. The summed E-state index contributed by atoms with van der Waals surface area (Å²) in [4.78, 5) is 30.5. The Hall–Kier alpha value is -7.50. The molecule has 4 N–H and O–H groups in total. The van der Waals surface area contributed by atoms with E-state index in [4.69, 9.17) is 43.6 Å². The van der Waals surface area contributed by atoms with Gasteiger partial charge in [0, 0.05) is 125 Å². The quantitative estimate of drug-likeness (QED) is 0.0660. The van der Waals surface area contributed by atoms with E-state index in [0.29, 0.717) is 50.5 Å². The van der Waals surface area contributed by atoms with Gasteiger partial charge in [0.25, 0.3) is 0 Å². The van der Waals surface area contributed by atoms with Crippen LogP contribution >= 0.6 is 0 Å². The molecule has 3 aliphatic heterocycles. The summed E-state index contributed by atoms with van der Waals surface area (Å²) in [6.45, 7) is 17.6. The van der Waals surface area contributed by atoms with Crippen LogP contribution in [0.2, 0.25) is 0 Å². The Balaban J connectivity index is 0.000000151. The summed E-state index contributed by atoms with van der Waals surface area (Å²) in [5.74, 6) is 5.42. The number of carbonyl (C=O) groups excluding carboxylic acids is 2. The zero-order valence-corrected chi connectivity index (χ0v) is 56.1. The van der Waals surface area contributed by atoms with Crippen LogP contribution in [-0.2, 0) is 41.7 Å². The number of rotatable bonds is 20. The highest BCUT2D eigenvalue weighted by molar-refractivity contribution is 5.69. The molecule has 16 heteroatoms. The molecule has 92 heavy (non-hydrogen) atoms. The Morgan fingerprint density at radius 1 is 0.500 bits per heavy atom. The maximum Gasteiger partial charge on any atom is 0.409 e. The molecule has 4 fully saturated rings. The number of fused-ring (bicyclic) bond motifs is 2. The number of benzene rings is 6. The maximum atomic E-state index is 12.3. The molecule has 0 bridgehead atoms. The first-order chi connectivity index (χ1) is 44.5. The molecule has 1 unspecified atom stereocenters. The second kappa shape index (κ2) is 30.5. The number of nitrogens with zero attached hydrogens (tertiary/aromatic N) is 3. The molecule has 6 aliphatic rings. The lowest BCUT2D eigenvalue weighted by atomic mass is 9.76. The van der Waals surface area contributed by atoms with Crippen LogP contribution in [0.4, 0.5) is 9.59 Å². The zero-order valence-electron chi connectivity index (χ0n) is 56.1. The number of ether oxygens (including phenoxy) is 8. The fourth-order valence-corrected chi connectivity index (χ4v) is 15.4. The van der Waals surface area contributed by atoms with Gasteiger partial charge in [-0.3, -0.25) is 4.90 Å². The second-order valence-corrected chi connectivity index (χ2v) is 27.1. The molecule has 0 aromatic heterocycles. The summed E-state index contributed by atoms with van der Waals surface area (Å²) < 4.78 is 46.1. The summed E-state index contributed by atoms with van der Waals surface area (Å²) in [7, 11) is 9.98. The van der Waals surface area contributed by atoms with Crippen LogP contribution in [0.1, 0.15) is 116 Å². The van der Waals surface area contributed by atoms with Crippen molar-refractivity contribution < 1.29 is 47.5 Å². The first-order valence-corrected chi connectivity index (χ1v) is 33.2. The van der Waals surface area contributed by atoms with Gasteiger partial charge in [0.1, 0.15) is 12.2 Å². The number of hydrogen-bond acceptors (Lipinski definition) is 14. The highest BCUT2D eigenvalue weighted by atomic mass is 16.6. The lowest BCUT2D eigenvalue weighted by Crippen LogP contribution is -2.38. The van der Waals surface area contributed by atoms with Gasteiger partial charge >= 0.3 is 12.2 Å². The largest absolute Gasteiger partial charge is 0.493 e. The summed E-state index contributed by atoms with van der Waals surface area (Å²) in [5.41, 5.74) is 16.4. The molecular weight excluding hydrogens is 1160 g/mol. The lowest BCUT2D eigenvalue weighted by Gasteiger charge is -2.31. The topological polar surface area (TPSA) is 168 Å². The van der Waals surface area contributed by atoms with Crippen molar-refractivity contribution in [2.45, 2.75) is 122 Å². The first-order valence-electron chi connectivity index (χ1n) is 33.2. The lowest BCUT2D eigenvalue weighted by molar-refractivity contribution is 0.127. The number of nitrogens with one attached hydrogen (secondary N) is 2. The van der Waals surface area contributed by atoms with Crippen LogP contribution in [0.5, 0.6) is 34.5 Å². The van der Waals surface area contributed by atoms with Gasteiger partial charge < -0.3 is 64.1 Å². The van der Waals surface area contributed by atoms with Crippen molar-refractivity contribution in [3.8, 4) is 34.5 Å². The molecule has 16 nitrogen and oxygen atoms in total. The Morgan fingerprint density at radius 3 is 1.32 bits per heavy atom. The van der Waals surface area contributed by atoms with Crippen LogP contribution in [0.15, 0.2) is 133 Å². The van der Waals surface area contributed by atoms with Crippen LogP contribution in [-0.4, -0.2) is 153 Å². The third-order valence-corrected chi connectivity index (χ3v) is 20.4. The van der Waals surface area contributed by atoms with Crippen molar-refractivity contribution in [2.75, 3.05) is 108 Å². The fraction of sp³-hybridized carbons (Fsp3) is 0.500. The number of nitrogens with two attached hydrogens (primary N) is 1. The van der Waals surface area contributed by atoms with Gasteiger partial charge in [0.05, 0.1) is 41.7 Å². The van der Waals surface area contributed by atoms with E-state index in [1.54, 1.807) is 31.1 Å². The molecule has 0 spiro atoms. The van der Waals surface area contributed by atoms with Gasteiger partial charge in [-0.05, 0) is 120 Å². The van der Waals surface area contributed by atoms with E-state index in [9.17, 15) is 9.59 Å². The molecule has 2 amide bonds. The molecule has 12 rings (SSSR count). The first kappa shape index (κ1) is 67.4. The van der Waals surface area contributed by atoms with Gasteiger partial charge in [-0.2, -0.15) is 0 Å². The average molecular weight is 1260 g/mol. The van der Waals surface area contributed by atoms with Crippen molar-refractivity contribution in [3.05, 3.63) is 178 Å². The second-order valence-electron chi connectivity index (χ2n) is 27.1. The molecule has 494 valence electrons. The molecule has 3 heterocycles. The zero-order chi connectivity index (χ0) is 65.0. The SMILES string of the molecule is CCNC[C@]1(C)CN(C(=O)OC)C[C@H]1c1ccc(OC)c(OC2Cc3ccccc3C2)c1.CNC[C@]1(C)CN(Cc2ccccc2)CC1c1ccc(OC)c(OC2CCCC2)c1.COC(=O)N1C[C@@H](c2ccc(OC)c(OC3Cc4ccccc4C3)c2)[C@](C)(CN)C1. The van der Waals surface area contributed by atoms with Gasteiger partial charge in [0.2, 0.25) is 0 Å². The van der Waals surface area contributed by atoms with E-state index >= 15 is 0 Å². The minimum Gasteiger partial charge on any atom is -0.493 e. The molecule has 1 saturated carbocycles. The molecular formula is C76H100N6O10. The van der Waals surface area contributed by atoms with Crippen molar-refractivity contribution in [2.24, 2.45) is 22.0 Å². The van der Waals surface area contributed by atoms with Crippen LogP contribution in [0, 0.1) is 16.2 Å². The Labute approximate surface area is 546 Å². The van der Waals surface area contributed by atoms with Crippen LogP contribution < -0.4 is 44.8 Å². The minimum atomic E-state index is -0.314. The highest BCUT2D eigenvalue weighted by Gasteiger charge is 2.48. The number of hydrogen-bond donors (Lipinski definition) is 3. The average Bonchev–Trinajstić information content (AvgIpc) is 1.63. The van der Waals surface area contributed by atoms with Gasteiger partial charge in [-0.15, -0.1) is 0 Å². The number of likely N-dealkylation sites (tertiary alicyclic amines) is 3. The summed E-state index contributed by atoms with van der Waals surface area (Å²) in [5, 5.41) is 6.93. The normalized spacial score (nSPS) is 23.6. The van der Waals surface area contributed by atoms with Gasteiger partial charge in [-0.1, -0.05) is 125 Å². The smallest absolute Gasteiger partial charge is 0.409 e. The van der Waals surface area contributed by atoms with E-state index in [-0.39, 0.29) is 52.5 Å². The Kier molecular flexibility index (Phi) is 22.3. The number of amides is 2. The third kappa shape index (κ3) is 15.6. The number of carbonyl (C=O) groups is 2. The monoisotopic (exact) mass is 1260 g/mol. The highest BCUT2D eigenvalue weighted by Crippen LogP contribution is 2.48. The van der Waals surface area contributed by atoms with Crippen molar-refractivity contribution in [1.29, 1.82) is 0 Å². The molecule has 6 aromatic carbocycles. The van der Waals surface area contributed by atoms with E-state index in [0.717, 1.165) is 118 Å². The Morgan fingerprint density at radius 2 is 0.902 bits per heavy atom. The fourth-order valence-electron chi connectivity index (χ4n) is 15.4. The standard InChI is InChI=1S/C26H34N2O4.C26H36N2O2.C24H30N2O4/c1-5-27-16-26(2)17-28(25(29)31-4)15-22(26)20-10-11-23(30-3)24(14-20)32-21-12-18-8-6-7-9-19(18)13-21;1-26(18-27-2)19-28(16-20-9-5-4-6-10-20)17-23(26)21-13-14-24(29-3)25(15-21)30-22-11-7-8-12-22;1-24(14-25)15-26(23(27)29-3)13-20(24)18-8-9-21(28-2)22(12-18)30-19-10-16-6-4-5-7-17(16)11-19/h6-11,14,21-22,27H,5,12-13,15-17H2,1-4H3;4-6,9-10,13-15,22-23,27H,7-8,11-12,16-19H2,1-3H3;4-9,12,19-20H,10-11,13-15,25H2,1-3H3/t22-,26+;23?,26-;20-,24+/m010/s1. The predicted molar refractivity (Wildman–Crippen MR) is 362 cm³/mol. The molecule has 6 aromatic rings. The van der Waals surface area contributed by atoms with Crippen molar-refractivity contribution in [3.63, 3.8) is 0 Å². The van der Waals surface area contributed by atoms with E-state index in [1.807, 2.05) is 12.1 Å². The van der Waals surface area contributed by atoms with E-state index in [2.05, 4.69) is 172 Å². The van der Waals surface area contributed by atoms with Crippen molar-refractivity contribution in [1.82, 2.24) is 25.3 Å². The molecule has 0 radical (unpaired) electrons. The van der Waals surface area contributed by atoms with Crippen LogP contribution in [0.25, 0.3) is 0 Å².